The van der Waals surface area contributed by atoms with Crippen molar-refractivity contribution in [3.63, 3.8) is 0 Å². The van der Waals surface area contributed by atoms with E-state index in [2.05, 4.69) is 15.3 Å². The van der Waals surface area contributed by atoms with Crippen molar-refractivity contribution in [2.75, 3.05) is 5.32 Å². The van der Waals surface area contributed by atoms with Crippen LogP contribution in [0.3, 0.4) is 0 Å². The molecule has 0 aliphatic rings. The number of alkyl halides is 3. The van der Waals surface area contributed by atoms with Gasteiger partial charge in [0.1, 0.15) is 17.2 Å². The molecule has 15 heteroatoms. The van der Waals surface area contributed by atoms with Crippen LogP contribution in [0.25, 0.3) is 11.3 Å². The topological polar surface area (TPSA) is 158 Å². The van der Waals surface area contributed by atoms with Crippen LogP contribution in [0.5, 0.6) is 0 Å². The molecule has 0 bridgehead atoms. The fourth-order valence-electron chi connectivity index (χ4n) is 2.88. The quantitative estimate of drug-likeness (QED) is 0.266. The van der Waals surface area contributed by atoms with Crippen LogP contribution in [0.1, 0.15) is 23.2 Å². The van der Waals surface area contributed by atoms with Crippen LogP contribution in [0.4, 0.5) is 27.1 Å². The lowest BCUT2D eigenvalue weighted by molar-refractivity contribution is -0.142. The average Bonchev–Trinajstić information content (AvgIpc) is 3.13. The molecule has 6 N–H and O–H groups in total. The molecule has 0 spiro atoms. The first kappa shape index (κ1) is 23.9. The van der Waals surface area contributed by atoms with Crippen LogP contribution in [0, 0.1) is 17.0 Å². The van der Waals surface area contributed by atoms with E-state index >= 15 is 0 Å². The van der Waals surface area contributed by atoms with Crippen LogP contribution in [-0.4, -0.2) is 26.6 Å². The first-order valence-corrected chi connectivity index (χ1v) is 9.74. The summed E-state index contributed by atoms with van der Waals surface area (Å²) in [7, 11) is 0. The van der Waals surface area contributed by atoms with Crippen molar-refractivity contribution in [3.8, 4) is 11.3 Å². The van der Waals surface area contributed by atoms with Gasteiger partial charge in [-0.1, -0.05) is 0 Å². The number of anilines is 1. The Morgan fingerprint density at radius 2 is 1.91 bits per heavy atom. The Kier molecular flexibility index (Phi) is 6.55. The fraction of sp³-hybridized carbons (Fsp3) is 0.167. The van der Waals surface area contributed by atoms with E-state index in [1.54, 1.807) is 0 Å². The number of hydrogen-bond acceptors (Lipinski definition) is 7. The first-order chi connectivity index (χ1) is 15.4. The molecule has 0 aliphatic carbocycles. The Hall–Kier alpha value is -3.72. The van der Waals surface area contributed by atoms with E-state index in [0.29, 0.717) is 6.07 Å². The molecule has 0 unspecified atom stereocenters. The van der Waals surface area contributed by atoms with Crippen LogP contribution in [0.2, 0.25) is 0 Å². The Balaban J connectivity index is 1.80. The fourth-order valence-corrected chi connectivity index (χ4v) is 3.61. The molecule has 0 aliphatic heterocycles. The van der Waals surface area contributed by atoms with Gasteiger partial charge in [-0.3, -0.25) is 14.6 Å². The summed E-state index contributed by atoms with van der Waals surface area (Å²) >= 11 is 0.744. The highest BCUT2D eigenvalue weighted by atomic mass is 32.1. The van der Waals surface area contributed by atoms with E-state index in [1.807, 2.05) is 4.98 Å². The number of aromatic amines is 2. The average molecular weight is 488 g/mol. The van der Waals surface area contributed by atoms with Crippen molar-refractivity contribution < 1.29 is 26.7 Å². The summed E-state index contributed by atoms with van der Waals surface area (Å²) < 4.78 is 66.5. The standard InChI is InChI=1S/C18H13F5N6O3S/c19-7-2-1-6(14(20)13(7)18(21,22)23)10-5-33-17(27-10)28-11(30)3-8(25)12-9(4-24)26-16(32)29-15(12)31/h1-2,5,25H,3-4,24H2,(H,27,28,30)(H2,26,29,31,32). The van der Waals surface area contributed by atoms with Gasteiger partial charge in [0, 0.05) is 23.2 Å². The highest BCUT2D eigenvalue weighted by molar-refractivity contribution is 7.14. The molecule has 0 radical (unpaired) electrons. The summed E-state index contributed by atoms with van der Waals surface area (Å²) in [5, 5.41) is 11.3. The molecule has 0 fully saturated rings. The van der Waals surface area contributed by atoms with Crippen molar-refractivity contribution >= 4 is 28.1 Å². The number of nitrogens with two attached hydrogens (primary N) is 1. The summed E-state index contributed by atoms with van der Waals surface area (Å²) in [6.45, 7) is -0.280. The smallest absolute Gasteiger partial charge is 0.325 e. The molecule has 33 heavy (non-hydrogen) atoms. The number of aromatic nitrogens is 3. The number of benzene rings is 1. The zero-order chi connectivity index (χ0) is 24.5. The third-order valence-corrected chi connectivity index (χ3v) is 5.02. The molecule has 0 saturated heterocycles. The van der Waals surface area contributed by atoms with Crippen molar-refractivity contribution in [1.29, 1.82) is 5.41 Å². The molecule has 0 atom stereocenters. The minimum Gasteiger partial charge on any atom is -0.325 e. The predicted molar refractivity (Wildman–Crippen MR) is 108 cm³/mol. The summed E-state index contributed by atoms with van der Waals surface area (Å²) in [5.74, 6) is -4.45. The molecule has 174 valence electrons. The van der Waals surface area contributed by atoms with Gasteiger partial charge in [-0.25, -0.2) is 18.6 Å². The van der Waals surface area contributed by atoms with Crippen LogP contribution in [0.15, 0.2) is 27.1 Å². The van der Waals surface area contributed by atoms with Gasteiger partial charge in [-0.2, -0.15) is 13.2 Å². The minimum atomic E-state index is -5.26. The zero-order valence-corrected chi connectivity index (χ0v) is 17.0. The maximum atomic E-state index is 14.3. The number of carbonyl (C=O) groups is 1. The number of carbonyl (C=O) groups excluding carboxylic acids is 1. The zero-order valence-electron chi connectivity index (χ0n) is 16.2. The van der Waals surface area contributed by atoms with E-state index in [9.17, 15) is 36.3 Å². The molecule has 1 amide bonds. The third kappa shape index (κ3) is 5.04. The SMILES string of the molecule is N=C(CC(=O)Nc1nc(-c2ccc(F)c(C(F)(F)F)c2F)cs1)c1c(CN)[nH]c(=O)[nH]c1=O. The van der Waals surface area contributed by atoms with Crippen LogP contribution >= 0.6 is 11.3 Å². The molecule has 2 heterocycles. The third-order valence-electron chi connectivity index (χ3n) is 4.26. The summed E-state index contributed by atoms with van der Waals surface area (Å²) in [5.41, 5.74) is -0.0862. The maximum Gasteiger partial charge on any atom is 0.422 e. The highest BCUT2D eigenvalue weighted by Crippen LogP contribution is 2.38. The number of rotatable bonds is 6. The molecule has 9 nitrogen and oxygen atoms in total. The Labute approximate surface area is 184 Å². The number of nitrogens with one attached hydrogen (secondary N) is 4. The molecule has 3 aromatic rings. The van der Waals surface area contributed by atoms with Crippen molar-refractivity contribution in [3.05, 3.63) is 66.8 Å². The van der Waals surface area contributed by atoms with Gasteiger partial charge in [0.05, 0.1) is 23.4 Å². The molecular weight excluding hydrogens is 475 g/mol. The van der Waals surface area contributed by atoms with E-state index in [1.165, 1.54) is 0 Å². The number of thiazole rings is 1. The van der Waals surface area contributed by atoms with Crippen LogP contribution in [-0.2, 0) is 17.5 Å². The molecular formula is C18H13F5N6O3S. The maximum absolute atomic E-state index is 14.3. The number of amides is 1. The lowest BCUT2D eigenvalue weighted by Gasteiger charge is -2.11. The molecule has 3 rings (SSSR count). The van der Waals surface area contributed by atoms with E-state index in [0.717, 1.165) is 22.8 Å². The summed E-state index contributed by atoms with van der Waals surface area (Å²) in [6, 6.07) is 1.24. The Morgan fingerprint density at radius 3 is 2.55 bits per heavy atom. The summed E-state index contributed by atoms with van der Waals surface area (Å²) in [6.07, 6.45) is -5.90. The molecule has 0 saturated carbocycles. The van der Waals surface area contributed by atoms with Gasteiger partial charge in [0.25, 0.3) is 5.56 Å². The monoisotopic (exact) mass is 488 g/mol. The second-order valence-electron chi connectivity index (χ2n) is 6.49. The Morgan fingerprint density at radius 1 is 1.21 bits per heavy atom. The van der Waals surface area contributed by atoms with Gasteiger partial charge < -0.3 is 21.4 Å². The molecule has 2 aromatic heterocycles. The van der Waals surface area contributed by atoms with Crippen LogP contribution < -0.4 is 22.3 Å². The van der Waals surface area contributed by atoms with Gasteiger partial charge in [0.15, 0.2) is 5.13 Å². The number of nitrogens with zero attached hydrogens (tertiary/aromatic N) is 1. The number of hydrogen-bond donors (Lipinski definition) is 5. The van der Waals surface area contributed by atoms with Crippen molar-refractivity contribution in [2.45, 2.75) is 19.1 Å². The van der Waals surface area contributed by atoms with Gasteiger partial charge in [-0.05, 0) is 12.1 Å². The van der Waals surface area contributed by atoms with E-state index in [4.69, 9.17) is 11.1 Å². The lowest BCUT2D eigenvalue weighted by Crippen LogP contribution is -2.32. The lowest BCUT2D eigenvalue weighted by atomic mass is 10.1. The Bertz CT molecular complexity index is 1360. The normalized spacial score (nSPS) is 11.5. The highest BCUT2D eigenvalue weighted by Gasteiger charge is 2.39. The van der Waals surface area contributed by atoms with Crippen molar-refractivity contribution in [2.24, 2.45) is 5.73 Å². The predicted octanol–water partition coefficient (Wildman–Crippen LogP) is 2.34. The van der Waals surface area contributed by atoms with Gasteiger partial charge in [-0.15, -0.1) is 11.3 Å². The largest absolute Gasteiger partial charge is 0.422 e. The van der Waals surface area contributed by atoms with E-state index < -0.39 is 58.2 Å². The summed E-state index contributed by atoms with van der Waals surface area (Å²) in [4.78, 5) is 43.5. The number of H-pyrrole nitrogens is 2. The first-order valence-electron chi connectivity index (χ1n) is 8.86. The van der Waals surface area contributed by atoms with Gasteiger partial charge in [0.2, 0.25) is 5.91 Å². The number of halogens is 5. The second kappa shape index (κ2) is 9.03. The minimum absolute atomic E-state index is 0.0506. The van der Waals surface area contributed by atoms with E-state index in [-0.39, 0.29) is 28.6 Å². The van der Waals surface area contributed by atoms with Gasteiger partial charge >= 0.3 is 11.9 Å². The van der Waals surface area contributed by atoms with Crippen molar-refractivity contribution in [1.82, 2.24) is 15.0 Å². The molecule has 1 aromatic carbocycles. The second-order valence-corrected chi connectivity index (χ2v) is 7.35.